The van der Waals surface area contributed by atoms with Gasteiger partial charge in [0.2, 0.25) is 0 Å². The molecule has 4 rings (SSSR count). The highest BCUT2D eigenvalue weighted by Crippen LogP contribution is 2.91. The second-order valence-corrected chi connectivity index (χ2v) is 10.5. The van der Waals surface area contributed by atoms with Crippen LogP contribution in [0.3, 0.4) is 0 Å². The van der Waals surface area contributed by atoms with Crippen LogP contribution in [-0.2, 0) is 0 Å². The summed E-state index contributed by atoms with van der Waals surface area (Å²) in [5.74, 6) is 0. The van der Waals surface area contributed by atoms with E-state index in [9.17, 15) is 0 Å². The molecule has 0 aromatic carbocycles. The zero-order chi connectivity index (χ0) is 8.47. The summed E-state index contributed by atoms with van der Waals surface area (Å²) in [6, 6.07) is 0. The van der Waals surface area contributed by atoms with Gasteiger partial charge in [-0.15, -0.1) is 0 Å². The van der Waals surface area contributed by atoms with Crippen LogP contribution in [0.15, 0.2) is 0 Å². The maximum absolute atomic E-state index is 1.65. The molecule has 1 heteroatoms. The van der Waals surface area contributed by atoms with Gasteiger partial charge in [0.05, 0.1) is 22.6 Å². The summed E-state index contributed by atoms with van der Waals surface area (Å²) in [4.78, 5) is 0. The van der Waals surface area contributed by atoms with Crippen LogP contribution in [0, 0.1) is 0 Å². The molecule has 13 heavy (non-hydrogen) atoms. The van der Waals surface area contributed by atoms with Crippen molar-refractivity contribution in [3.8, 4) is 0 Å². The topological polar surface area (TPSA) is 0 Å². The average molecular weight is 195 g/mol. The Morgan fingerprint density at radius 2 is 0.692 bits per heavy atom. The standard InChI is InChI=1S/C12H20P/c1-2-9(1)13(10-3-4-10,11-5-6-11)12-7-8-12/h9-12H,1-8H2/q+1. The van der Waals surface area contributed by atoms with Crippen molar-refractivity contribution >= 4 is 7.26 Å². The quantitative estimate of drug-likeness (QED) is 0.601. The van der Waals surface area contributed by atoms with Gasteiger partial charge in [0.1, 0.15) is 0 Å². The molecule has 0 unspecified atom stereocenters. The van der Waals surface area contributed by atoms with Crippen LogP contribution in [-0.4, -0.2) is 22.6 Å². The summed E-state index contributed by atoms with van der Waals surface area (Å²) in [5, 5.41) is 0. The minimum atomic E-state index is -0.340. The van der Waals surface area contributed by atoms with Crippen molar-refractivity contribution < 1.29 is 0 Å². The second kappa shape index (κ2) is 2.32. The van der Waals surface area contributed by atoms with Crippen molar-refractivity contribution in [2.45, 2.75) is 74.0 Å². The predicted molar refractivity (Wildman–Crippen MR) is 59.0 cm³/mol. The molecule has 0 aromatic rings. The van der Waals surface area contributed by atoms with Gasteiger partial charge in [0.25, 0.3) is 0 Å². The van der Waals surface area contributed by atoms with E-state index in [0.717, 1.165) is 0 Å². The van der Waals surface area contributed by atoms with Crippen molar-refractivity contribution in [3.63, 3.8) is 0 Å². The molecule has 0 nitrogen and oxygen atoms in total. The average Bonchev–Trinajstić information content (AvgIpc) is 3.00. The number of hydrogen-bond acceptors (Lipinski definition) is 0. The zero-order valence-corrected chi connectivity index (χ0v) is 9.31. The monoisotopic (exact) mass is 195 g/mol. The van der Waals surface area contributed by atoms with Gasteiger partial charge in [-0.2, -0.15) is 0 Å². The third kappa shape index (κ3) is 1.02. The summed E-state index contributed by atoms with van der Waals surface area (Å²) in [7, 11) is -0.340. The van der Waals surface area contributed by atoms with Gasteiger partial charge in [-0.25, -0.2) is 0 Å². The molecule has 0 saturated heterocycles. The van der Waals surface area contributed by atoms with Gasteiger partial charge < -0.3 is 0 Å². The van der Waals surface area contributed by atoms with Crippen LogP contribution in [0.2, 0.25) is 0 Å². The molecule has 0 aromatic heterocycles. The van der Waals surface area contributed by atoms with Crippen molar-refractivity contribution in [2.24, 2.45) is 0 Å². The molecule has 0 radical (unpaired) electrons. The first-order valence-corrected chi connectivity index (χ1v) is 8.36. The fourth-order valence-corrected chi connectivity index (χ4v) is 11.6. The zero-order valence-electron chi connectivity index (χ0n) is 8.41. The van der Waals surface area contributed by atoms with Crippen LogP contribution in [0.5, 0.6) is 0 Å². The molecule has 4 aliphatic rings. The molecule has 4 fully saturated rings. The first kappa shape index (κ1) is 7.69. The van der Waals surface area contributed by atoms with Crippen molar-refractivity contribution in [3.05, 3.63) is 0 Å². The van der Waals surface area contributed by atoms with E-state index >= 15 is 0 Å². The van der Waals surface area contributed by atoms with Crippen LogP contribution >= 0.6 is 7.26 Å². The van der Waals surface area contributed by atoms with E-state index in [1.54, 1.807) is 51.4 Å². The van der Waals surface area contributed by atoms with Gasteiger partial charge >= 0.3 is 0 Å². The van der Waals surface area contributed by atoms with E-state index in [1.165, 1.54) is 22.6 Å². The molecule has 0 amide bonds. The molecule has 0 heterocycles. The van der Waals surface area contributed by atoms with E-state index in [2.05, 4.69) is 0 Å². The molecule has 0 atom stereocenters. The SMILES string of the molecule is C1CC1[P+](C1CC1)(C1CC1)C1CC1. The van der Waals surface area contributed by atoms with Gasteiger partial charge in [0.15, 0.2) is 0 Å². The van der Waals surface area contributed by atoms with Gasteiger partial charge in [-0.05, 0) is 51.4 Å². The maximum atomic E-state index is 1.65. The molecule has 0 N–H and O–H groups in total. The minimum absolute atomic E-state index is 0.340. The van der Waals surface area contributed by atoms with Crippen LogP contribution in [0.25, 0.3) is 0 Å². The lowest BCUT2D eigenvalue weighted by molar-refractivity contribution is 1.18. The van der Waals surface area contributed by atoms with E-state index in [4.69, 9.17) is 0 Å². The Bertz CT molecular complexity index is 178. The van der Waals surface area contributed by atoms with Gasteiger partial charge in [-0.1, -0.05) is 0 Å². The molecule has 72 valence electrons. The van der Waals surface area contributed by atoms with Crippen LogP contribution in [0.1, 0.15) is 51.4 Å². The lowest BCUT2D eigenvalue weighted by Gasteiger charge is -2.28. The van der Waals surface area contributed by atoms with Crippen LogP contribution in [0.4, 0.5) is 0 Å². The molecule has 0 aliphatic heterocycles. The molecule has 4 aliphatic carbocycles. The molecular weight excluding hydrogens is 175 g/mol. The normalized spacial score (nSPS) is 35.1. The van der Waals surface area contributed by atoms with Crippen LogP contribution < -0.4 is 0 Å². The summed E-state index contributed by atoms with van der Waals surface area (Å²) in [6.07, 6.45) is 13.2. The van der Waals surface area contributed by atoms with Crippen molar-refractivity contribution in [2.75, 3.05) is 0 Å². The fraction of sp³-hybridized carbons (Fsp3) is 1.00. The Kier molecular flexibility index (Phi) is 1.37. The smallest absolute Gasteiger partial charge is 0.0126 e. The number of hydrogen-bond donors (Lipinski definition) is 0. The lowest BCUT2D eigenvalue weighted by Crippen LogP contribution is -2.14. The largest absolute Gasteiger partial charge is 0.0708 e. The third-order valence-electron chi connectivity index (χ3n) is 4.72. The van der Waals surface area contributed by atoms with E-state index in [0.29, 0.717) is 0 Å². The first-order chi connectivity index (χ1) is 6.42. The van der Waals surface area contributed by atoms with Gasteiger partial charge in [-0.3, -0.25) is 0 Å². The minimum Gasteiger partial charge on any atom is -0.0126 e. The molecule has 4 saturated carbocycles. The maximum Gasteiger partial charge on any atom is 0.0708 e. The second-order valence-electron chi connectivity index (χ2n) is 5.82. The van der Waals surface area contributed by atoms with E-state index in [-0.39, 0.29) is 7.26 Å². The van der Waals surface area contributed by atoms with Crippen molar-refractivity contribution in [1.29, 1.82) is 0 Å². The predicted octanol–water partition coefficient (Wildman–Crippen LogP) is 3.65. The Hall–Kier alpha value is 0.430. The molecule has 0 bridgehead atoms. The first-order valence-electron chi connectivity index (χ1n) is 6.30. The van der Waals surface area contributed by atoms with E-state index in [1.807, 2.05) is 0 Å². The summed E-state index contributed by atoms with van der Waals surface area (Å²) in [6.45, 7) is 0. The summed E-state index contributed by atoms with van der Waals surface area (Å²) in [5.41, 5.74) is 5.28. The third-order valence-corrected chi connectivity index (χ3v) is 11.8. The Morgan fingerprint density at radius 3 is 0.846 bits per heavy atom. The van der Waals surface area contributed by atoms with Gasteiger partial charge in [0, 0.05) is 7.26 Å². The highest BCUT2D eigenvalue weighted by Gasteiger charge is 2.72. The highest BCUT2D eigenvalue weighted by molar-refractivity contribution is 7.79. The summed E-state index contributed by atoms with van der Waals surface area (Å²) < 4.78 is 0. The highest BCUT2D eigenvalue weighted by atomic mass is 31.2. The molecular formula is C12H20P+. The Morgan fingerprint density at radius 1 is 0.462 bits per heavy atom. The fourth-order valence-electron chi connectivity index (χ4n) is 3.88. The summed E-state index contributed by atoms with van der Waals surface area (Å²) >= 11 is 0. The van der Waals surface area contributed by atoms with Crippen molar-refractivity contribution in [1.82, 2.24) is 0 Å². The Balaban J connectivity index is 1.71. The van der Waals surface area contributed by atoms with E-state index < -0.39 is 0 Å². The lowest BCUT2D eigenvalue weighted by atomic mass is 10.9. The number of rotatable bonds is 4. The molecule has 0 spiro atoms. The Labute approximate surface area is 81.8 Å².